The lowest BCUT2D eigenvalue weighted by molar-refractivity contribution is 0.236. The van der Waals surface area contributed by atoms with E-state index in [0.717, 1.165) is 31.4 Å². The maximum Gasteiger partial charge on any atom is 0.125 e. The Balaban J connectivity index is 1.92. The smallest absolute Gasteiger partial charge is 0.125 e. The SMILES string of the molecule is Cc1cc(C)c(OCCC2CNC2)c(C)c1. The molecule has 88 valence electrons. The van der Waals surface area contributed by atoms with Gasteiger partial charge in [-0.25, -0.2) is 0 Å². The van der Waals surface area contributed by atoms with E-state index in [1.165, 1.54) is 23.1 Å². The molecule has 2 rings (SSSR count). The summed E-state index contributed by atoms with van der Waals surface area (Å²) in [5.74, 6) is 1.91. The first-order valence-electron chi connectivity index (χ1n) is 6.08. The molecule has 0 amide bonds. The largest absolute Gasteiger partial charge is 0.493 e. The number of hydrogen-bond donors (Lipinski definition) is 1. The lowest BCUT2D eigenvalue weighted by Crippen LogP contribution is -2.42. The molecule has 16 heavy (non-hydrogen) atoms. The van der Waals surface area contributed by atoms with E-state index in [4.69, 9.17) is 4.74 Å². The number of hydrogen-bond acceptors (Lipinski definition) is 2. The van der Waals surface area contributed by atoms with Crippen LogP contribution < -0.4 is 10.1 Å². The number of benzene rings is 1. The molecule has 1 saturated heterocycles. The van der Waals surface area contributed by atoms with E-state index in [-0.39, 0.29) is 0 Å². The predicted octanol–water partition coefficient (Wildman–Crippen LogP) is 2.60. The number of nitrogens with one attached hydrogen (secondary N) is 1. The summed E-state index contributed by atoms with van der Waals surface area (Å²) in [5.41, 5.74) is 3.82. The van der Waals surface area contributed by atoms with Crippen LogP contribution in [0.3, 0.4) is 0 Å². The average molecular weight is 219 g/mol. The van der Waals surface area contributed by atoms with Crippen molar-refractivity contribution >= 4 is 0 Å². The molecule has 0 aromatic heterocycles. The monoisotopic (exact) mass is 219 g/mol. The van der Waals surface area contributed by atoms with Gasteiger partial charge in [0.1, 0.15) is 5.75 Å². The number of ether oxygens (including phenoxy) is 1. The highest BCUT2D eigenvalue weighted by atomic mass is 16.5. The zero-order valence-electron chi connectivity index (χ0n) is 10.5. The van der Waals surface area contributed by atoms with E-state index in [0.29, 0.717) is 0 Å². The maximum absolute atomic E-state index is 5.90. The fraction of sp³-hybridized carbons (Fsp3) is 0.571. The van der Waals surface area contributed by atoms with Crippen molar-refractivity contribution in [2.24, 2.45) is 5.92 Å². The van der Waals surface area contributed by atoms with Crippen LogP contribution >= 0.6 is 0 Å². The molecule has 0 radical (unpaired) electrons. The number of aryl methyl sites for hydroxylation is 3. The van der Waals surface area contributed by atoms with Crippen LogP contribution in [0.5, 0.6) is 5.75 Å². The fourth-order valence-corrected chi connectivity index (χ4v) is 2.27. The van der Waals surface area contributed by atoms with Crippen molar-refractivity contribution in [3.63, 3.8) is 0 Å². The van der Waals surface area contributed by atoms with Crippen molar-refractivity contribution in [3.05, 3.63) is 28.8 Å². The Hall–Kier alpha value is -1.02. The summed E-state index contributed by atoms with van der Waals surface area (Å²) in [5, 5.41) is 3.28. The summed E-state index contributed by atoms with van der Waals surface area (Å²) in [6.07, 6.45) is 1.17. The van der Waals surface area contributed by atoms with Crippen molar-refractivity contribution in [1.29, 1.82) is 0 Å². The minimum absolute atomic E-state index is 0.825. The Morgan fingerprint density at radius 3 is 2.31 bits per heavy atom. The molecule has 1 aromatic rings. The molecular formula is C14H21NO. The van der Waals surface area contributed by atoms with Gasteiger partial charge in [0.15, 0.2) is 0 Å². The van der Waals surface area contributed by atoms with Gasteiger partial charge >= 0.3 is 0 Å². The predicted molar refractivity (Wildman–Crippen MR) is 67.1 cm³/mol. The second-order valence-corrected chi connectivity index (χ2v) is 4.89. The molecular weight excluding hydrogens is 198 g/mol. The first-order valence-corrected chi connectivity index (χ1v) is 6.08. The highest BCUT2D eigenvalue weighted by Crippen LogP contribution is 2.25. The second-order valence-electron chi connectivity index (χ2n) is 4.89. The third-order valence-electron chi connectivity index (χ3n) is 3.24. The minimum atomic E-state index is 0.825. The van der Waals surface area contributed by atoms with Gasteiger partial charge in [0.2, 0.25) is 0 Å². The van der Waals surface area contributed by atoms with Gasteiger partial charge in [-0.1, -0.05) is 17.7 Å². The van der Waals surface area contributed by atoms with Gasteiger partial charge in [-0.2, -0.15) is 0 Å². The quantitative estimate of drug-likeness (QED) is 0.840. The molecule has 0 spiro atoms. The Morgan fingerprint density at radius 1 is 1.19 bits per heavy atom. The third-order valence-corrected chi connectivity index (χ3v) is 3.24. The van der Waals surface area contributed by atoms with E-state index in [1.54, 1.807) is 0 Å². The molecule has 2 heteroatoms. The van der Waals surface area contributed by atoms with Crippen LogP contribution in [-0.4, -0.2) is 19.7 Å². The van der Waals surface area contributed by atoms with E-state index < -0.39 is 0 Å². The van der Waals surface area contributed by atoms with Gasteiger partial charge in [-0.15, -0.1) is 0 Å². The maximum atomic E-state index is 5.90. The summed E-state index contributed by atoms with van der Waals surface area (Å²) in [6.45, 7) is 9.55. The normalized spacial score (nSPS) is 15.9. The van der Waals surface area contributed by atoms with E-state index in [1.807, 2.05) is 0 Å². The molecule has 1 N–H and O–H groups in total. The first-order chi connectivity index (χ1) is 7.66. The van der Waals surface area contributed by atoms with Crippen LogP contribution in [0.2, 0.25) is 0 Å². The number of rotatable bonds is 4. The first kappa shape index (κ1) is 11.5. The lowest BCUT2D eigenvalue weighted by Gasteiger charge is -2.27. The highest BCUT2D eigenvalue weighted by molar-refractivity contribution is 5.42. The van der Waals surface area contributed by atoms with Gasteiger partial charge in [-0.3, -0.25) is 0 Å². The molecule has 1 aliphatic rings. The van der Waals surface area contributed by atoms with Crippen LogP contribution in [0.4, 0.5) is 0 Å². The topological polar surface area (TPSA) is 21.3 Å². The summed E-state index contributed by atoms with van der Waals surface area (Å²) in [7, 11) is 0. The van der Waals surface area contributed by atoms with Gasteiger partial charge in [0.05, 0.1) is 6.61 Å². The van der Waals surface area contributed by atoms with E-state index in [2.05, 4.69) is 38.2 Å². The average Bonchev–Trinajstić information content (AvgIpc) is 2.12. The highest BCUT2D eigenvalue weighted by Gasteiger charge is 2.16. The molecule has 1 aromatic carbocycles. The summed E-state index contributed by atoms with van der Waals surface area (Å²) < 4.78 is 5.90. The van der Waals surface area contributed by atoms with Crippen LogP contribution in [0.1, 0.15) is 23.1 Å². The summed E-state index contributed by atoms with van der Waals surface area (Å²) >= 11 is 0. The lowest BCUT2D eigenvalue weighted by atomic mass is 10.0. The zero-order chi connectivity index (χ0) is 11.5. The zero-order valence-corrected chi connectivity index (χ0v) is 10.5. The second kappa shape index (κ2) is 4.88. The third kappa shape index (κ3) is 2.56. The van der Waals surface area contributed by atoms with Crippen LogP contribution in [0.25, 0.3) is 0 Å². The Kier molecular flexibility index (Phi) is 3.49. The fourth-order valence-electron chi connectivity index (χ4n) is 2.27. The van der Waals surface area contributed by atoms with Crippen molar-refractivity contribution < 1.29 is 4.74 Å². The van der Waals surface area contributed by atoms with Crippen LogP contribution in [0.15, 0.2) is 12.1 Å². The standard InChI is InChI=1S/C14H21NO/c1-10-6-11(2)14(12(3)7-10)16-5-4-13-8-15-9-13/h6-7,13,15H,4-5,8-9H2,1-3H3. The summed E-state index contributed by atoms with van der Waals surface area (Å²) in [4.78, 5) is 0. The van der Waals surface area contributed by atoms with Crippen molar-refractivity contribution in [2.45, 2.75) is 27.2 Å². The molecule has 0 saturated carbocycles. The van der Waals surface area contributed by atoms with Crippen molar-refractivity contribution in [2.75, 3.05) is 19.7 Å². The molecule has 0 atom stereocenters. The van der Waals surface area contributed by atoms with Crippen LogP contribution in [0, 0.1) is 26.7 Å². The van der Waals surface area contributed by atoms with Crippen LogP contribution in [-0.2, 0) is 0 Å². The Bertz CT molecular complexity index is 346. The molecule has 0 aliphatic carbocycles. The van der Waals surface area contributed by atoms with Gasteiger partial charge in [0.25, 0.3) is 0 Å². The Morgan fingerprint density at radius 2 is 1.81 bits per heavy atom. The molecule has 1 heterocycles. The molecule has 1 fully saturated rings. The van der Waals surface area contributed by atoms with Crippen molar-refractivity contribution in [1.82, 2.24) is 5.32 Å². The van der Waals surface area contributed by atoms with Gasteiger partial charge in [0, 0.05) is 0 Å². The van der Waals surface area contributed by atoms with E-state index in [9.17, 15) is 0 Å². The summed E-state index contributed by atoms with van der Waals surface area (Å²) in [6, 6.07) is 4.38. The minimum Gasteiger partial charge on any atom is -0.493 e. The van der Waals surface area contributed by atoms with E-state index >= 15 is 0 Å². The molecule has 2 nitrogen and oxygen atoms in total. The molecule has 0 bridgehead atoms. The van der Waals surface area contributed by atoms with Gasteiger partial charge in [-0.05, 0) is 57.3 Å². The molecule has 1 aliphatic heterocycles. The Labute approximate surface area is 98.0 Å². The van der Waals surface area contributed by atoms with Gasteiger partial charge < -0.3 is 10.1 Å². The van der Waals surface area contributed by atoms with Crippen molar-refractivity contribution in [3.8, 4) is 5.75 Å². The molecule has 0 unspecified atom stereocenters.